The minimum absolute atomic E-state index is 0.0422. The van der Waals surface area contributed by atoms with E-state index < -0.39 is 17.1 Å². The van der Waals surface area contributed by atoms with Crippen molar-refractivity contribution in [2.24, 2.45) is 0 Å². The highest BCUT2D eigenvalue weighted by Gasteiger charge is 2.16. The lowest BCUT2D eigenvalue weighted by atomic mass is 10.0. The van der Waals surface area contributed by atoms with Crippen molar-refractivity contribution in [3.63, 3.8) is 0 Å². The maximum atomic E-state index is 11.4. The van der Waals surface area contributed by atoms with Gasteiger partial charge >= 0.3 is 0 Å². The largest absolute Gasteiger partial charge is 0.507 e. The van der Waals surface area contributed by atoms with Gasteiger partial charge in [-0.15, -0.1) is 0 Å². The summed E-state index contributed by atoms with van der Waals surface area (Å²) in [5.74, 6) is -1.56. The van der Waals surface area contributed by atoms with E-state index in [1.54, 1.807) is 12.1 Å². The van der Waals surface area contributed by atoms with Gasteiger partial charge in [0.05, 0.1) is 10.9 Å². The Balaban J connectivity index is 2.18. The molecule has 5 heteroatoms. The number of pyridine rings is 1. The molecule has 1 aromatic heterocycles. The standard InChI is InChI=1S/C16H13NO4/c18-13-10(8-9-4-2-1-3-5-9)6-7-11-12(13)14(19)15(20)16(21)17-11/h1-7,18,20H,8H2,(H2,17,19,21). The molecule has 0 fully saturated rings. The molecule has 0 radical (unpaired) electrons. The van der Waals surface area contributed by atoms with Crippen LogP contribution >= 0.6 is 0 Å². The van der Waals surface area contributed by atoms with E-state index in [4.69, 9.17) is 0 Å². The molecule has 0 bridgehead atoms. The first-order chi connectivity index (χ1) is 10.1. The Kier molecular flexibility index (Phi) is 3.02. The fourth-order valence-corrected chi connectivity index (χ4v) is 2.34. The molecule has 0 amide bonds. The first-order valence-corrected chi connectivity index (χ1v) is 6.40. The maximum Gasteiger partial charge on any atom is 0.294 e. The highest BCUT2D eigenvalue weighted by Crippen LogP contribution is 2.38. The minimum atomic E-state index is -0.797. The zero-order valence-electron chi connectivity index (χ0n) is 11.0. The quantitative estimate of drug-likeness (QED) is 0.580. The Bertz CT molecular complexity index is 869. The van der Waals surface area contributed by atoms with Crippen molar-refractivity contribution >= 4 is 10.9 Å². The topological polar surface area (TPSA) is 93.6 Å². The average molecular weight is 283 g/mol. The molecule has 3 aromatic rings. The molecule has 106 valence electrons. The van der Waals surface area contributed by atoms with Gasteiger partial charge in [0.2, 0.25) is 5.75 Å². The molecule has 3 rings (SSSR count). The Morgan fingerprint density at radius 3 is 2.29 bits per heavy atom. The van der Waals surface area contributed by atoms with E-state index in [1.807, 2.05) is 30.3 Å². The second kappa shape index (κ2) is 4.86. The summed E-state index contributed by atoms with van der Waals surface area (Å²) in [6.45, 7) is 0. The lowest BCUT2D eigenvalue weighted by molar-refractivity contribution is 0.399. The summed E-state index contributed by atoms with van der Waals surface area (Å²) in [6, 6.07) is 12.8. The van der Waals surface area contributed by atoms with Crippen LogP contribution < -0.4 is 5.56 Å². The SMILES string of the molecule is O=c1[nH]c2ccc(Cc3ccccc3)c(O)c2c(O)c1O. The van der Waals surface area contributed by atoms with Gasteiger partial charge < -0.3 is 20.3 Å². The summed E-state index contributed by atoms with van der Waals surface area (Å²) in [4.78, 5) is 13.8. The van der Waals surface area contributed by atoms with Crippen LogP contribution in [0.2, 0.25) is 0 Å². The summed E-state index contributed by atoms with van der Waals surface area (Å²) in [5, 5.41) is 29.7. The predicted molar refractivity (Wildman–Crippen MR) is 78.8 cm³/mol. The molecule has 0 spiro atoms. The number of H-pyrrole nitrogens is 1. The number of aromatic amines is 1. The van der Waals surface area contributed by atoms with E-state index >= 15 is 0 Å². The molecule has 2 aromatic carbocycles. The third-order valence-corrected chi connectivity index (χ3v) is 3.42. The summed E-state index contributed by atoms with van der Waals surface area (Å²) >= 11 is 0. The van der Waals surface area contributed by atoms with Crippen LogP contribution in [-0.4, -0.2) is 20.3 Å². The van der Waals surface area contributed by atoms with Crippen molar-refractivity contribution in [1.82, 2.24) is 4.98 Å². The van der Waals surface area contributed by atoms with Gasteiger partial charge in [-0.1, -0.05) is 36.4 Å². The Morgan fingerprint density at radius 2 is 1.57 bits per heavy atom. The lowest BCUT2D eigenvalue weighted by Gasteiger charge is -2.10. The van der Waals surface area contributed by atoms with E-state index in [0.717, 1.165) is 5.56 Å². The molecular weight excluding hydrogens is 270 g/mol. The third kappa shape index (κ3) is 2.18. The smallest absolute Gasteiger partial charge is 0.294 e. The number of hydrogen-bond acceptors (Lipinski definition) is 4. The van der Waals surface area contributed by atoms with Crippen LogP contribution in [0.1, 0.15) is 11.1 Å². The molecule has 1 heterocycles. The number of aromatic nitrogens is 1. The van der Waals surface area contributed by atoms with Gasteiger partial charge in [-0.25, -0.2) is 0 Å². The van der Waals surface area contributed by atoms with Gasteiger partial charge in [-0.05, 0) is 17.2 Å². The Hall–Kier alpha value is -2.95. The zero-order chi connectivity index (χ0) is 15.0. The average Bonchev–Trinajstić information content (AvgIpc) is 2.49. The number of phenols is 1. The summed E-state index contributed by atoms with van der Waals surface area (Å²) < 4.78 is 0. The van der Waals surface area contributed by atoms with Gasteiger partial charge in [0.25, 0.3) is 5.56 Å². The number of rotatable bonds is 2. The van der Waals surface area contributed by atoms with Crippen molar-refractivity contribution in [2.45, 2.75) is 6.42 Å². The molecule has 0 saturated heterocycles. The van der Waals surface area contributed by atoms with E-state index in [9.17, 15) is 20.1 Å². The van der Waals surface area contributed by atoms with Crippen LogP contribution in [0.25, 0.3) is 10.9 Å². The molecule has 0 saturated carbocycles. The van der Waals surface area contributed by atoms with Crippen LogP contribution in [0.3, 0.4) is 0 Å². The number of fused-ring (bicyclic) bond motifs is 1. The fourth-order valence-electron chi connectivity index (χ4n) is 2.34. The normalized spacial score (nSPS) is 10.9. The van der Waals surface area contributed by atoms with E-state index in [0.29, 0.717) is 12.0 Å². The second-order valence-electron chi connectivity index (χ2n) is 4.81. The number of nitrogens with one attached hydrogen (secondary N) is 1. The highest BCUT2D eigenvalue weighted by molar-refractivity contribution is 5.93. The van der Waals surface area contributed by atoms with Crippen LogP contribution in [0, 0.1) is 0 Å². The van der Waals surface area contributed by atoms with E-state index in [1.165, 1.54) is 0 Å². The van der Waals surface area contributed by atoms with Gasteiger partial charge in [0.1, 0.15) is 5.75 Å². The summed E-state index contributed by atoms with van der Waals surface area (Å²) in [5.41, 5.74) is 1.07. The van der Waals surface area contributed by atoms with Crippen molar-refractivity contribution < 1.29 is 15.3 Å². The monoisotopic (exact) mass is 283 g/mol. The van der Waals surface area contributed by atoms with Gasteiger partial charge in [-0.2, -0.15) is 0 Å². The van der Waals surface area contributed by atoms with Crippen LogP contribution in [-0.2, 0) is 6.42 Å². The number of benzene rings is 2. The Labute approximate surface area is 119 Å². The van der Waals surface area contributed by atoms with Gasteiger partial charge in [0, 0.05) is 6.42 Å². The molecule has 0 atom stereocenters. The van der Waals surface area contributed by atoms with Crippen molar-refractivity contribution in [3.8, 4) is 17.2 Å². The molecule has 0 aliphatic carbocycles. The molecule has 21 heavy (non-hydrogen) atoms. The Morgan fingerprint density at radius 1 is 0.857 bits per heavy atom. The molecule has 0 aliphatic rings. The molecule has 4 N–H and O–H groups in total. The number of aromatic hydroxyl groups is 3. The van der Waals surface area contributed by atoms with Crippen molar-refractivity contribution in [2.75, 3.05) is 0 Å². The fraction of sp³-hybridized carbons (Fsp3) is 0.0625. The van der Waals surface area contributed by atoms with Crippen LogP contribution in [0.4, 0.5) is 0 Å². The molecule has 5 nitrogen and oxygen atoms in total. The maximum absolute atomic E-state index is 11.4. The summed E-state index contributed by atoms with van der Waals surface area (Å²) in [6.07, 6.45) is 0.474. The van der Waals surface area contributed by atoms with Crippen LogP contribution in [0.5, 0.6) is 17.2 Å². The van der Waals surface area contributed by atoms with E-state index in [-0.39, 0.29) is 16.7 Å². The molecule has 0 aliphatic heterocycles. The molecule has 0 unspecified atom stereocenters. The third-order valence-electron chi connectivity index (χ3n) is 3.42. The predicted octanol–water partition coefficient (Wildman–Crippen LogP) is 2.24. The van der Waals surface area contributed by atoms with Crippen LogP contribution in [0.15, 0.2) is 47.3 Å². The first kappa shape index (κ1) is 13.1. The zero-order valence-corrected chi connectivity index (χ0v) is 11.0. The minimum Gasteiger partial charge on any atom is -0.507 e. The van der Waals surface area contributed by atoms with E-state index in [2.05, 4.69) is 4.98 Å². The molecular formula is C16H13NO4. The number of phenolic OH excluding ortho intramolecular Hbond substituents is 1. The van der Waals surface area contributed by atoms with Crippen molar-refractivity contribution in [3.05, 3.63) is 63.9 Å². The second-order valence-corrected chi connectivity index (χ2v) is 4.81. The van der Waals surface area contributed by atoms with Crippen molar-refractivity contribution in [1.29, 1.82) is 0 Å². The van der Waals surface area contributed by atoms with Gasteiger partial charge in [-0.3, -0.25) is 4.79 Å². The number of hydrogen-bond donors (Lipinski definition) is 4. The first-order valence-electron chi connectivity index (χ1n) is 6.40. The lowest BCUT2D eigenvalue weighted by Crippen LogP contribution is -2.05. The highest BCUT2D eigenvalue weighted by atomic mass is 16.3. The van der Waals surface area contributed by atoms with Gasteiger partial charge in [0.15, 0.2) is 5.75 Å². The summed E-state index contributed by atoms with van der Waals surface area (Å²) in [7, 11) is 0.